The lowest BCUT2D eigenvalue weighted by Crippen LogP contribution is -2.30. The SMILES string of the molecule is CCOc1ccc(C([O-])=C2C(=O)C(=O)N(Cc3ccc[nH+]c3)C2c2cc(OC)ccc2OC)cc1. The Morgan fingerprint density at radius 3 is 2.40 bits per heavy atom. The van der Waals surface area contributed by atoms with Gasteiger partial charge >= 0.3 is 0 Å². The summed E-state index contributed by atoms with van der Waals surface area (Å²) in [6.07, 6.45) is 3.49. The van der Waals surface area contributed by atoms with Crippen LogP contribution in [0.5, 0.6) is 17.2 Å². The fraction of sp³-hybridized carbons (Fsp3) is 0.222. The third-order valence-corrected chi connectivity index (χ3v) is 5.81. The van der Waals surface area contributed by atoms with Crippen molar-refractivity contribution in [2.75, 3.05) is 20.8 Å². The molecule has 1 unspecified atom stereocenters. The van der Waals surface area contributed by atoms with Crippen molar-refractivity contribution in [1.29, 1.82) is 0 Å². The number of rotatable bonds is 8. The van der Waals surface area contributed by atoms with E-state index < -0.39 is 23.5 Å². The molecule has 0 aliphatic carbocycles. The van der Waals surface area contributed by atoms with Crippen LogP contribution in [-0.4, -0.2) is 37.4 Å². The van der Waals surface area contributed by atoms with E-state index in [4.69, 9.17) is 14.2 Å². The Kier molecular flexibility index (Phi) is 7.01. The molecule has 3 aromatic rings. The summed E-state index contributed by atoms with van der Waals surface area (Å²) in [5, 5.41) is 13.7. The number of hydrogen-bond acceptors (Lipinski definition) is 6. The molecule has 1 N–H and O–H groups in total. The predicted molar refractivity (Wildman–Crippen MR) is 125 cm³/mol. The van der Waals surface area contributed by atoms with E-state index in [2.05, 4.69) is 4.98 Å². The first-order valence-electron chi connectivity index (χ1n) is 11.1. The molecule has 1 aliphatic rings. The molecule has 2 heterocycles. The number of carbonyl (C=O) groups is 2. The minimum Gasteiger partial charge on any atom is -0.872 e. The summed E-state index contributed by atoms with van der Waals surface area (Å²) in [6, 6.07) is 14.3. The number of nitrogens with one attached hydrogen (secondary N) is 1. The molecule has 8 nitrogen and oxygen atoms in total. The number of likely N-dealkylation sites (tertiary alicyclic amines) is 1. The van der Waals surface area contributed by atoms with Gasteiger partial charge in [0.15, 0.2) is 12.4 Å². The van der Waals surface area contributed by atoms with E-state index in [0.717, 1.165) is 5.56 Å². The number of hydrogen-bond donors (Lipinski definition) is 0. The number of carbonyl (C=O) groups excluding carboxylic acids is 2. The van der Waals surface area contributed by atoms with Crippen molar-refractivity contribution in [3.63, 3.8) is 0 Å². The van der Waals surface area contributed by atoms with E-state index >= 15 is 0 Å². The van der Waals surface area contributed by atoms with Crippen molar-refractivity contribution < 1.29 is 33.9 Å². The Bertz CT molecular complexity index is 1250. The Labute approximate surface area is 203 Å². The number of ketones is 1. The molecule has 1 atom stereocenters. The first kappa shape index (κ1) is 23.8. The molecule has 1 aromatic heterocycles. The number of pyridine rings is 1. The van der Waals surface area contributed by atoms with Crippen molar-refractivity contribution in [1.82, 2.24) is 4.90 Å². The highest BCUT2D eigenvalue weighted by Crippen LogP contribution is 2.44. The number of aromatic amines is 1. The van der Waals surface area contributed by atoms with Gasteiger partial charge in [-0.1, -0.05) is 17.9 Å². The topological polar surface area (TPSA) is 102 Å². The number of methoxy groups -OCH3 is 2. The van der Waals surface area contributed by atoms with Gasteiger partial charge in [-0.15, -0.1) is 0 Å². The van der Waals surface area contributed by atoms with E-state index in [-0.39, 0.29) is 17.7 Å². The van der Waals surface area contributed by atoms with Gasteiger partial charge in [-0.2, -0.15) is 0 Å². The molecular weight excluding hydrogens is 448 g/mol. The standard InChI is InChI=1S/C27H26N2O6/c1-4-35-19-9-7-18(8-10-19)25(30)23-24(21-14-20(33-2)11-12-22(21)34-3)29(27(32)26(23)31)16-17-6-5-13-28-15-17/h5-15,24,30H,4,16H2,1-3H3. The van der Waals surface area contributed by atoms with Gasteiger partial charge in [-0.25, -0.2) is 4.98 Å². The Morgan fingerprint density at radius 2 is 1.77 bits per heavy atom. The van der Waals surface area contributed by atoms with E-state index in [0.29, 0.717) is 29.4 Å². The predicted octanol–water partition coefficient (Wildman–Crippen LogP) is 2.34. The zero-order chi connectivity index (χ0) is 24.9. The zero-order valence-electron chi connectivity index (χ0n) is 19.7. The van der Waals surface area contributed by atoms with Gasteiger partial charge in [0.2, 0.25) is 5.78 Å². The van der Waals surface area contributed by atoms with Gasteiger partial charge in [0.25, 0.3) is 5.91 Å². The molecule has 1 amide bonds. The first-order chi connectivity index (χ1) is 17.0. The molecule has 2 aromatic carbocycles. The first-order valence-corrected chi connectivity index (χ1v) is 11.1. The van der Waals surface area contributed by atoms with Gasteiger partial charge in [-0.3, -0.25) is 9.59 Å². The van der Waals surface area contributed by atoms with Crippen molar-refractivity contribution in [3.05, 3.63) is 89.3 Å². The summed E-state index contributed by atoms with van der Waals surface area (Å²) in [5.41, 5.74) is 1.41. The Balaban J connectivity index is 1.89. The molecule has 1 fully saturated rings. The zero-order valence-corrected chi connectivity index (χ0v) is 19.7. The van der Waals surface area contributed by atoms with Crippen LogP contribution in [0.15, 0.2) is 72.6 Å². The highest BCUT2D eigenvalue weighted by atomic mass is 16.5. The average molecular weight is 475 g/mol. The largest absolute Gasteiger partial charge is 0.872 e. The minimum atomic E-state index is -0.959. The number of nitrogens with zero attached hydrogens (tertiary/aromatic N) is 1. The lowest BCUT2D eigenvalue weighted by Gasteiger charge is -2.28. The molecule has 0 radical (unpaired) electrons. The van der Waals surface area contributed by atoms with Crippen LogP contribution in [0, 0.1) is 0 Å². The van der Waals surface area contributed by atoms with Crippen LogP contribution in [0.4, 0.5) is 0 Å². The van der Waals surface area contributed by atoms with Crippen molar-refractivity contribution >= 4 is 17.4 Å². The van der Waals surface area contributed by atoms with E-state index in [1.54, 1.807) is 60.9 Å². The minimum absolute atomic E-state index is 0.118. The lowest BCUT2D eigenvalue weighted by atomic mass is 9.94. The van der Waals surface area contributed by atoms with Crippen LogP contribution in [0.1, 0.15) is 29.7 Å². The number of aromatic nitrogens is 1. The maximum atomic E-state index is 13.7. The van der Waals surface area contributed by atoms with Crippen LogP contribution < -0.4 is 24.3 Å². The molecule has 8 heteroatoms. The second-order valence-electron chi connectivity index (χ2n) is 7.88. The molecule has 4 rings (SSSR count). The molecule has 0 spiro atoms. The van der Waals surface area contributed by atoms with Gasteiger partial charge in [0.1, 0.15) is 17.2 Å². The highest BCUT2D eigenvalue weighted by Gasteiger charge is 2.45. The van der Waals surface area contributed by atoms with E-state index in [1.807, 2.05) is 13.0 Å². The third-order valence-electron chi connectivity index (χ3n) is 5.81. The quantitative estimate of drug-likeness (QED) is 0.282. The summed E-state index contributed by atoms with van der Waals surface area (Å²) < 4.78 is 16.4. The molecule has 1 saturated heterocycles. The number of benzene rings is 2. The number of ether oxygens (including phenoxy) is 3. The van der Waals surface area contributed by atoms with Crippen LogP contribution in [0.2, 0.25) is 0 Å². The molecule has 35 heavy (non-hydrogen) atoms. The normalized spacial score (nSPS) is 16.9. The molecule has 180 valence electrons. The molecule has 0 bridgehead atoms. The molecule has 1 aliphatic heterocycles. The number of H-pyrrole nitrogens is 1. The Hall–Kier alpha value is -4.33. The van der Waals surface area contributed by atoms with Crippen molar-refractivity contribution in [2.45, 2.75) is 19.5 Å². The van der Waals surface area contributed by atoms with Crippen molar-refractivity contribution in [3.8, 4) is 17.2 Å². The second kappa shape index (κ2) is 10.3. The van der Waals surface area contributed by atoms with Crippen LogP contribution in [-0.2, 0) is 16.1 Å². The monoisotopic (exact) mass is 474 g/mol. The fourth-order valence-corrected chi connectivity index (χ4v) is 4.16. The maximum Gasteiger partial charge on any atom is 0.295 e. The molecule has 0 saturated carbocycles. The number of Topliss-reactive ketones (excluding diaryl/α,β-unsaturated/α-hetero) is 1. The van der Waals surface area contributed by atoms with Gasteiger partial charge in [-0.05, 0) is 48.9 Å². The summed E-state index contributed by atoms with van der Waals surface area (Å²) in [6.45, 7) is 2.47. The van der Waals surface area contributed by atoms with Crippen molar-refractivity contribution in [2.24, 2.45) is 0 Å². The fourth-order valence-electron chi connectivity index (χ4n) is 4.16. The van der Waals surface area contributed by atoms with Gasteiger partial charge in [0, 0.05) is 22.8 Å². The summed E-state index contributed by atoms with van der Waals surface area (Å²) in [5.74, 6) is -0.565. The van der Waals surface area contributed by atoms with Crippen LogP contribution in [0.25, 0.3) is 5.76 Å². The highest BCUT2D eigenvalue weighted by molar-refractivity contribution is 6.46. The summed E-state index contributed by atoms with van der Waals surface area (Å²) >= 11 is 0. The van der Waals surface area contributed by atoms with Gasteiger partial charge < -0.3 is 24.2 Å². The van der Waals surface area contributed by atoms with Crippen LogP contribution >= 0.6 is 0 Å². The second-order valence-corrected chi connectivity index (χ2v) is 7.88. The average Bonchev–Trinajstić information content (AvgIpc) is 3.14. The van der Waals surface area contributed by atoms with Gasteiger partial charge in [0.05, 0.1) is 33.4 Å². The smallest absolute Gasteiger partial charge is 0.295 e. The summed E-state index contributed by atoms with van der Waals surface area (Å²) in [7, 11) is 3.01. The molecular formula is C27H26N2O6. The summed E-state index contributed by atoms with van der Waals surface area (Å²) in [4.78, 5) is 30.9. The van der Waals surface area contributed by atoms with E-state index in [1.165, 1.54) is 19.1 Å². The van der Waals surface area contributed by atoms with Crippen LogP contribution in [0.3, 0.4) is 0 Å². The maximum absolute atomic E-state index is 13.7. The lowest BCUT2D eigenvalue weighted by molar-refractivity contribution is -0.378. The van der Waals surface area contributed by atoms with E-state index in [9.17, 15) is 14.7 Å². The third kappa shape index (κ3) is 4.68. The number of amides is 1. The Morgan fingerprint density at radius 1 is 1.03 bits per heavy atom.